The molecule has 28 heavy (non-hydrogen) atoms. The molecule has 0 aliphatic carbocycles. The minimum absolute atomic E-state index is 0.627. The Morgan fingerprint density at radius 1 is 0.893 bits per heavy atom. The molecule has 1 atom stereocenters. The van der Waals surface area contributed by atoms with Gasteiger partial charge in [-0.05, 0) is 36.4 Å². The van der Waals surface area contributed by atoms with Crippen LogP contribution in [0.1, 0.15) is 6.42 Å². The fraction of sp³-hybridized carbons (Fsp3) is 0.391. The van der Waals surface area contributed by atoms with Gasteiger partial charge in [-0.1, -0.05) is 36.4 Å². The first-order valence-electron chi connectivity index (χ1n) is 10.3. The van der Waals surface area contributed by atoms with E-state index >= 15 is 0 Å². The first kappa shape index (κ1) is 17.6. The molecular formula is C23H27N5. The molecule has 3 aromatic rings. The van der Waals surface area contributed by atoms with Crippen molar-refractivity contribution in [3.8, 4) is 11.3 Å². The fourth-order valence-electron chi connectivity index (χ4n) is 4.42. The van der Waals surface area contributed by atoms with Crippen LogP contribution < -0.4 is 4.90 Å². The Morgan fingerprint density at radius 2 is 1.71 bits per heavy atom. The molecule has 3 heterocycles. The lowest BCUT2D eigenvalue weighted by molar-refractivity contribution is 0.120. The average Bonchev–Trinajstić information content (AvgIpc) is 3.24. The minimum atomic E-state index is 0.627. The predicted octanol–water partition coefficient (Wildman–Crippen LogP) is 3.12. The van der Waals surface area contributed by atoms with E-state index < -0.39 is 0 Å². The molecule has 2 aromatic carbocycles. The van der Waals surface area contributed by atoms with E-state index in [0.29, 0.717) is 6.04 Å². The first-order valence-corrected chi connectivity index (χ1v) is 10.3. The second kappa shape index (κ2) is 7.49. The molecule has 0 radical (unpaired) electrons. The number of rotatable bonds is 3. The van der Waals surface area contributed by atoms with Crippen molar-refractivity contribution in [2.45, 2.75) is 12.5 Å². The van der Waals surface area contributed by atoms with Crippen molar-refractivity contribution in [1.29, 1.82) is 0 Å². The standard InChI is InChI=1S/C23H27N5/c1-26-12-14-27(15-13-26)21-9-11-28(17-21)23-24-10-8-22(25-23)20-7-6-18-4-2-3-5-19(18)16-20/h2-8,10,16,21H,9,11-15,17H2,1H3/t21-/m0/s1. The SMILES string of the molecule is CN1CCN([C@H]2CCN(c3nccc(-c4ccc5ccccc5c4)n3)C2)CC1. The van der Waals surface area contributed by atoms with Crippen molar-refractivity contribution in [3.63, 3.8) is 0 Å². The Morgan fingerprint density at radius 3 is 2.57 bits per heavy atom. The summed E-state index contributed by atoms with van der Waals surface area (Å²) in [5, 5.41) is 2.51. The second-order valence-corrected chi connectivity index (χ2v) is 8.03. The number of likely N-dealkylation sites (N-methyl/N-ethyl adjacent to an activating group) is 1. The average molecular weight is 374 g/mol. The molecule has 0 unspecified atom stereocenters. The van der Waals surface area contributed by atoms with E-state index in [9.17, 15) is 0 Å². The Kier molecular flexibility index (Phi) is 4.71. The number of piperazine rings is 1. The summed E-state index contributed by atoms with van der Waals surface area (Å²) in [5.41, 5.74) is 2.15. The molecule has 0 saturated carbocycles. The molecule has 2 fully saturated rings. The largest absolute Gasteiger partial charge is 0.339 e. The van der Waals surface area contributed by atoms with E-state index in [2.05, 4.69) is 69.2 Å². The van der Waals surface area contributed by atoms with E-state index in [1.54, 1.807) is 0 Å². The third-order valence-corrected chi connectivity index (χ3v) is 6.19. The predicted molar refractivity (Wildman–Crippen MR) is 115 cm³/mol. The summed E-state index contributed by atoms with van der Waals surface area (Å²) < 4.78 is 0. The van der Waals surface area contributed by atoms with Crippen LogP contribution in [0.15, 0.2) is 54.7 Å². The summed E-state index contributed by atoms with van der Waals surface area (Å²) in [5.74, 6) is 0.863. The quantitative estimate of drug-likeness (QED) is 0.705. The molecule has 0 bridgehead atoms. The number of hydrogen-bond acceptors (Lipinski definition) is 5. The van der Waals surface area contributed by atoms with Crippen molar-refractivity contribution in [1.82, 2.24) is 19.8 Å². The number of benzene rings is 2. The maximum atomic E-state index is 4.91. The number of fused-ring (bicyclic) bond motifs is 1. The van der Waals surface area contributed by atoms with Gasteiger partial charge in [0.1, 0.15) is 0 Å². The van der Waals surface area contributed by atoms with Crippen molar-refractivity contribution in [3.05, 3.63) is 54.7 Å². The highest BCUT2D eigenvalue weighted by atomic mass is 15.3. The van der Waals surface area contributed by atoms with Gasteiger partial charge in [0.15, 0.2) is 0 Å². The molecule has 144 valence electrons. The summed E-state index contributed by atoms with van der Waals surface area (Å²) >= 11 is 0. The summed E-state index contributed by atoms with van der Waals surface area (Å²) in [6.07, 6.45) is 3.10. The van der Waals surface area contributed by atoms with E-state index in [1.165, 1.54) is 43.4 Å². The molecule has 0 amide bonds. The van der Waals surface area contributed by atoms with Crippen LogP contribution in [0.25, 0.3) is 22.0 Å². The lowest BCUT2D eigenvalue weighted by Crippen LogP contribution is -2.49. The van der Waals surface area contributed by atoms with Gasteiger partial charge in [0.2, 0.25) is 5.95 Å². The lowest BCUT2D eigenvalue weighted by Gasteiger charge is -2.36. The first-order chi connectivity index (χ1) is 13.8. The van der Waals surface area contributed by atoms with Gasteiger partial charge in [-0.3, -0.25) is 4.90 Å². The van der Waals surface area contributed by atoms with Crippen LogP contribution in [-0.4, -0.2) is 72.1 Å². The molecule has 1 aromatic heterocycles. The third-order valence-electron chi connectivity index (χ3n) is 6.19. The number of hydrogen-bond donors (Lipinski definition) is 0. The van der Waals surface area contributed by atoms with Gasteiger partial charge < -0.3 is 9.80 Å². The number of nitrogens with zero attached hydrogens (tertiary/aromatic N) is 5. The van der Waals surface area contributed by atoms with Crippen LogP contribution in [0, 0.1) is 0 Å². The molecule has 5 rings (SSSR count). The van der Waals surface area contributed by atoms with E-state index in [4.69, 9.17) is 4.98 Å². The molecule has 2 saturated heterocycles. The summed E-state index contributed by atoms with van der Waals surface area (Å²) in [6, 6.07) is 17.7. The Hall–Kier alpha value is -2.50. The fourth-order valence-corrected chi connectivity index (χ4v) is 4.42. The van der Waals surface area contributed by atoms with E-state index in [1.807, 2.05) is 12.3 Å². The zero-order valence-electron chi connectivity index (χ0n) is 16.5. The van der Waals surface area contributed by atoms with Crippen molar-refractivity contribution < 1.29 is 0 Å². The van der Waals surface area contributed by atoms with Gasteiger partial charge in [-0.2, -0.15) is 0 Å². The van der Waals surface area contributed by atoms with Gasteiger partial charge in [0, 0.05) is 57.1 Å². The summed E-state index contributed by atoms with van der Waals surface area (Å²) in [7, 11) is 2.21. The Balaban J connectivity index is 1.34. The molecule has 0 spiro atoms. The van der Waals surface area contributed by atoms with Crippen LogP contribution in [0.5, 0.6) is 0 Å². The van der Waals surface area contributed by atoms with Crippen LogP contribution >= 0.6 is 0 Å². The Bertz CT molecular complexity index is 964. The normalized spacial score (nSPS) is 21.5. The van der Waals surface area contributed by atoms with Gasteiger partial charge >= 0.3 is 0 Å². The molecule has 0 N–H and O–H groups in total. The summed E-state index contributed by atoms with van der Waals surface area (Å²) in [6.45, 7) is 6.76. The van der Waals surface area contributed by atoms with E-state index in [-0.39, 0.29) is 0 Å². The topological polar surface area (TPSA) is 35.5 Å². The van der Waals surface area contributed by atoms with Crippen molar-refractivity contribution in [2.24, 2.45) is 0 Å². The zero-order chi connectivity index (χ0) is 18.9. The van der Waals surface area contributed by atoms with Gasteiger partial charge in [0.25, 0.3) is 0 Å². The minimum Gasteiger partial charge on any atom is -0.339 e. The van der Waals surface area contributed by atoms with E-state index in [0.717, 1.165) is 30.3 Å². The monoisotopic (exact) mass is 373 g/mol. The third kappa shape index (κ3) is 3.48. The van der Waals surface area contributed by atoms with Crippen molar-refractivity contribution in [2.75, 3.05) is 51.2 Å². The molecule has 5 heteroatoms. The Labute approximate surface area is 166 Å². The molecular weight excluding hydrogens is 346 g/mol. The van der Waals surface area contributed by atoms with Crippen LogP contribution in [0.3, 0.4) is 0 Å². The zero-order valence-corrected chi connectivity index (χ0v) is 16.5. The summed E-state index contributed by atoms with van der Waals surface area (Å²) in [4.78, 5) is 16.9. The maximum Gasteiger partial charge on any atom is 0.225 e. The number of anilines is 1. The molecule has 2 aliphatic rings. The van der Waals surface area contributed by atoms with Gasteiger partial charge in [-0.25, -0.2) is 9.97 Å². The van der Waals surface area contributed by atoms with Gasteiger partial charge in [-0.15, -0.1) is 0 Å². The maximum absolute atomic E-state index is 4.91. The lowest BCUT2D eigenvalue weighted by atomic mass is 10.1. The highest BCUT2D eigenvalue weighted by molar-refractivity contribution is 5.86. The van der Waals surface area contributed by atoms with Crippen LogP contribution in [0.4, 0.5) is 5.95 Å². The smallest absolute Gasteiger partial charge is 0.225 e. The second-order valence-electron chi connectivity index (χ2n) is 8.03. The molecule has 2 aliphatic heterocycles. The highest BCUT2D eigenvalue weighted by Crippen LogP contribution is 2.26. The number of aromatic nitrogens is 2. The van der Waals surface area contributed by atoms with Gasteiger partial charge in [0.05, 0.1) is 5.69 Å². The van der Waals surface area contributed by atoms with Crippen molar-refractivity contribution >= 4 is 16.7 Å². The highest BCUT2D eigenvalue weighted by Gasteiger charge is 2.30. The molecule has 5 nitrogen and oxygen atoms in total. The van der Waals surface area contributed by atoms with Crippen LogP contribution in [0.2, 0.25) is 0 Å². The van der Waals surface area contributed by atoms with Crippen LogP contribution in [-0.2, 0) is 0 Å².